The van der Waals surface area contributed by atoms with E-state index in [2.05, 4.69) is 18.8 Å². The van der Waals surface area contributed by atoms with Crippen LogP contribution >= 0.6 is 0 Å². The molecule has 198 valence electrons. The molecular weight excluding hydrogens is 446 g/mol. The Kier molecular flexibility index (Phi) is 8.82. The van der Waals surface area contributed by atoms with Crippen LogP contribution in [0.5, 0.6) is 0 Å². The van der Waals surface area contributed by atoms with Crippen LogP contribution in [0.25, 0.3) is 0 Å². The van der Waals surface area contributed by atoms with Crippen molar-refractivity contribution in [2.75, 3.05) is 0 Å². The number of carbonyl (C=O) groups is 2. The molecule has 36 heavy (non-hydrogen) atoms. The Labute approximate surface area is 218 Å². The van der Waals surface area contributed by atoms with Crippen molar-refractivity contribution >= 4 is 11.7 Å². The Morgan fingerprint density at radius 1 is 1.06 bits per heavy atom. The summed E-state index contributed by atoms with van der Waals surface area (Å²) in [7, 11) is 0. The first-order valence-corrected chi connectivity index (χ1v) is 14.7. The highest BCUT2D eigenvalue weighted by molar-refractivity contribution is 5.93. The molecule has 0 bridgehead atoms. The van der Waals surface area contributed by atoms with E-state index in [0.717, 1.165) is 51.4 Å². The van der Waals surface area contributed by atoms with Crippen molar-refractivity contribution in [2.45, 2.75) is 129 Å². The minimum atomic E-state index is -0.867. The molecule has 0 aliphatic heterocycles. The van der Waals surface area contributed by atoms with Crippen molar-refractivity contribution in [1.82, 2.24) is 0 Å². The summed E-state index contributed by atoms with van der Waals surface area (Å²) in [4.78, 5) is 23.0. The number of nitrogens with two attached hydrogens (primary N) is 1. The predicted molar refractivity (Wildman–Crippen MR) is 145 cm³/mol. The van der Waals surface area contributed by atoms with Crippen LogP contribution in [0.1, 0.15) is 123 Å². The summed E-state index contributed by atoms with van der Waals surface area (Å²) in [5.41, 5.74) is 8.72. The quantitative estimate of drug-likeness (QED) is 0.253. The summed E-state index contributed by atoms with van der Waals surface area (Å²) in [5.74, 6) is 7.96. The van der Waals surface area contributed by atoms with Crippen LogP contribution in [0.3, 0.4) is 0 Å². The third kappa shape index (κ3) is 5.52. The smallest absolute Gasteiger partial charge is 0.217 e. The normalized spacial score (nSPS) is 33.2. The number of hydrogen-bond donors (Lipinski definition) is 2. The van der Waals surface area contributed by atoms with Crippen LogP contribution in [0.2, 0.25) is 0 Å². The summed E-state index contributed by atoms with van der Waals surface area (Å²) in [6.45, 7) is 4.19. The highest BCUT2D eigenvalue weighted by Gasteiger charge is 2.62. The van der Waals surface area contributed by atoms with E-state index in [1.165, 1.54) is 56.1 Å². The molecule has 0 aromatic rings. The van der Waals surface area contributed by atoms with Crippen molar-refractivity contribution in [1.29, 1.82) is 0 Å². The van der Waals surface area contributed by atoms with Crippen molar-refractivity contribution in [3.8, 4) is 11.8 Å². The molecule has 0 aromatic carbocycles. The van der Waals surface area contributed by atoms with Gasteiger partial charge in [0.25, 0.3) is 0 Å². The van der Waals surface area contributed by atoms with Crippen molar-refractivity contribution in [2.24, 2.45) is 28.9 Å². The molecule has 2 saturated carbocycles. The van der Waals surface area contributed by atoms with Gasteiger partial charge in [0.1, 0.15) is 5.60 Å². The Morgan fingerprint density at radius 2 is 1.75 bits per heavy atom. The number of carbonyl (C=O) groups excluding carboxylic acids is 2. The van der Waals surface area contributed by atoms with Gasteiger partial charge >= 0.3 is 0 Å². The Hall–Kier alpha value is -1.86. The van der Waals surface area contributed by atoms with E-state index in [9.17, 15) is 14.7 Å². The van der Waals surface area contributed by atoms with Gasteiger partial charge in [0.15, 0.2) is 5.78 Å². The largest absolute Gasteiger partial charge is 0.377 e. The molecule has 4 aliphatic carbocycles. The van der Waals surface area contributed by atoms with Crippen molar-refractivity contribution in [3.63, 3.8) is 0 Å². The molecule has 4 nitrogen and oxygen atoms in total. The Morgan fingerprint density at radius 3 is 2.44 bits per heavy atom. The first kappa shape index (κ1) is 27.2. The summed E-state index contributed by atoms with van der Waals surface area (Å²) in [5, 5.41) is 11.7. The first-order chi connectivity index (χ1) is 17.3. The highest BCUT2D eigenvalue weighted by Crippen LogP contribution is 2.65. The second kappa shape index (κ2) is 11.7. The van der Waals surface area contributed by atoms with Gasteiger partial charge in [0, 0.05) is 18.3 Å². The van der Waals surface area contributed by atoms with Gasteiger partial charge in [-0.15, -0.1) is 5.92 Å². The lowest BCUT2D eigenvalue weighted by Gasteiger charge is -2.53. The first-order valence-electron chi connectivity index (χ1n) is 14.7. The maximum atomic E-state index is 12.2. The van der Waals surface area contributed by atoms with Crippen LogP contribution < -0.4 is 5.73 Å². The zero-order valence-electron chi connectivity index (χ0n) is 22.7. The van der Waals surface area contributed by atoms with Crippen LogP contribution in [-0.4, -0.2) is 22.4 Å². The number of hydrogen-bond acceptors (Lipinski definition) is 3. The molecule has 3 N–H and O–H groups in total. The van der Waals surface area contributed by atoms with Crippen molar-refractivity contribution in [3.05, 3.63) is 22.8 Å². The lowest BCUT2D eigenvalue weighted by Crippen LogP contribution is -2.51. The van der Waals surface area contributed by atoms with Crippen molar-refractivity contribution < 1.29 is 14.7 Å². The molecule has 2 fully saturated rings. The number of allylic oxidation sites excluding steroid dienone is 4. The number of fused-ring (bicyclic) bond motifs is 4. The SMILES string of the molecule is CC#C[C@]1(O)CC[C@H]2[C@@H]3CCC4=CC(=O)CCC4=C3[C@@H](CCCCCCCCCCC(N)=O)C[C@@]21C. The van der Waals surface area contributed by atoms with E-state index in [4.69, 9.17) is 5.73 Å². The fourth-order valence-corrected chi connectivity index (χ4v) is 8.26. The van der Waals surface area contributed by atoms with Gasteiger partial charge in [-0.05, 0) is 93.3 Å². The monoisotopic (exact) mass is 493 g/mol. The Bertz CT molecular complexity index is 966. The average molecular weight is 494 g/mol. The second-order valence-electron chi connectivity index (χ2n) is 12.2. The summed E-state index contributed by atoms with van der Waals surface area (Å²) in [6.07, 6.45) is 19.7. The summed E-state index contributed by atoms with van der Waals surface area (Å²) >= 11 is 0. The third-order valence-electron chi connectivity index (χ3n) is 10.1. The summed E-state index contributed by atoms with van der Waals surface area (Å²) in [6, 6.07) is 0. The number of rotatable bonds is 11. The minimum Gasteiger partial charge on any atom is -0.377 e. The Balaban J connectivity index is 1.41. The molecule has 0 aromatic heterocycles. The van der Waals surface area contributed by atoms with E-state index in [-0.39, 0.29) is 11.3 Å². The van der Waals surface area contributed by atoms with Gasteiger partial charge < -0.3 is 10.8 Å². The number of ketones is 1. The molecule has 0 saturated heterocycles. The van der Waals surface area contributed by atoms with E-state index in [0.29, 0.717) is 36.4 Å². The maximum absolute atomic E-state index is 12.2. The molecule has 4 rings (SSSR count). The van der Waals surface area contributed by atoms with Gasteiger partial charge in [-0.3, -0.25) is 9.59 Å². The van der Waals surface area contributed by atoms with E-state index < -0.39 is 5.60 Å². The van der Waals surface area contributed by atoms with E-state index in [1.807, 2.05) is 13.0 Å². The van der Waals surface area contributed by atoms with E-state index in [1.54, 1.807) is 5.57 Å². The zero-order chi connectivity index (χ0) is 25.8. The molecule has 5 atom stereocenters. The predicted octanol–water partition coefficient (Wildman–Crippen LogP) is 6.56. The number of amides is 1. The molecule has 1 amide bonds. The number of unbranched alkanes of at least 4 members (excludes halogenated alkanes) is 7. The van der Waals surface area contributed by atoms with Gasteiger partial charge in [0.05, 0.1) is 0 Å². The number of primary amides is 1. The molecule has 0 unspecified atom stereocenters. The molecule has 0 spiro atoms. The van der Waals surface area contributed by atoms with Gasteiger partial charge in [-0.25, -0.2) is 0 Å². The topological polar surface area (TPSA) is 80.4 Å². The van der Waals surface area contributed by atoms with Gasteiger partial charge in [-0.1, -0.05) is 63.4 Å². The van der Waals surface area contributed by atoms with Gasteiger partial charge in [0.2, 0.25) is 5.91 Å². The molecular formula is C32H47NO3. The van der Waals surface area contributed by atoms with Crippen LogP contribution in [-0.2, 0) is 9.59 Å². The zero-order valence-corrected chi connectivity index (χ0v) is 22.7. The third-order valence-corrected chi connectivity index (χ3v) is 10.1. The standard InChI is InChI=1S/C32H47NO3/c1-3-19-32(36)20-18-28-27-16-14-23-21-25(34)15-17-26(23)30(27)24(22-31(28,32)2)12-10-8-6-4-5-7-9-11-13-29(33)35/h21,24,27-28,36H,4-18,20,22H2,1-2H3,(H2,33,35)/t24-,27-,28-,31-,32-/m0/s1. The lowest BCUT2D eigenvalue weighted by atomic mass is 9.51. The van der Waals surface area contributed by atoms with Crippen LogP contribution in [0.15, 0.2) is 22.8 Å². The molecule has 0 radical (unpaired) electrons. The average Bonchev–Trinajstić information content (AvgIpc) is 3.09. The van der Waals surface area contributed by atoms with E-state index >= 15 is 0 Å². The van der Waals surface area contributed by atoms with Gasteiger partial charge in [-0.2, -0.15) is 0 Å². The fraction of sp³-hybridized carbons (Fsp3) is 0.750. The lowest BCUT2D eigenvalue weighted by molar-refractivity contribution is -0.118. The number of aliphatic hydroxyl groups is 1. The second-order valence-corrected chi connectivity index (χ2v) is 12.2. The van der Waals surface area contributed by atoms with Crippen LogP contribution in [0, 0.1) is 35.0 Å². The molecule has 0 heterocycles. The molecule has 4 heteroatoms. The molecule has 4 aliphatic rings. The summed E-state index contributed by atoms with van der Waals surface area (Å²) < 4.78 is 0. The van der Waals surface area contributed by atoms with Crippen LogP contribution in [0.4, 0.5) is 0 Å². The fourth-order valence-electron chi connectivity index (χ4n) is 8.26. The maximum Gasteiger partial charge on any atom is 0.217 e. The highest BCUT2D eigenvalue weighted by atomic mass is 16.3. The minimum absolute atomic E-state index is 0.147.